The van der Waals surface area contributed by atoms with Gasteiger partial charge in [-0.25, -0.2) is 5.43 Å². The Morgan fingerprint density at radius 3 is 2.48 bits per heavy atom. The molecular formula is C17H19ClN4O. The van der Waals surface area contributed by atoms with Crippen LogP contribution in [-0.2, 0) is 0 Å². The molecule has 0 aliphatic heterocycles. The number of halogens is 1. The standard InChI is InChI=1S/C17H19ClN4O/c1-19-16-9-6-13(18)10-15(16)17(23)21-20-11-12-4-7-14(8-5-12)22(2)3/h4-11,19H,1-3H3,(H,21,23)/b20-11-. The van der Waals surface area contributed by atoms with Crippen molar-refractivity contribution in [3.05, 3.63) is 58.6 Å². The molecule has 0 radical (unpaired) electrons. The highest BCUT2D eigenvalue weighted by atomic mass is 35.5. The smallest absolute Gasteiger partial charge is 0.273 e. The second kappa shape index (κ2) is 7.65. The van der Waals surface area contributed by atoms with Crippen LogP contribution in [0.1, 0.15) is 15.9 Å². The second-order valence-electron chi connectivity index (χ2n) is 5.12. The molecule has 120 valence electrons. The minimum atomic E-state index is -0.321. The van der Waals surface area contributed by atoms with Crippen molar-refractivity contribution in [1.29, 1.82) is 0 Å². The number of hydrazone groups is 1. The minimum absolute atomic E-state index is 0.321. The lowest BCUT2D eigenvalue weighted by Crippen LogP contribution is -2.19. The van der Waals surface area contributed by atoms with Gasteiger partial charge in [-0.1, -0.05) is 23.7 Å². The van der Waals surface area contributed by atoms with Gasteiger partial charge in [-0.05, 0) is 35.9 Å². The monoisotopic (exact) mass is 330 g/mol. The van der Waals surface area contributed by atoms with E-state index >= 15 is 0 Å². The van der Waals surface area contributed by atoms with Crippen LogP contribution in [0.2, 0.25) is 5.02 Å². The zero-order chi connectivity index (χ0) is 16.8. The highest BCUT2D eigenvalue weighted by molar-refractivity contribution is 6.31. The lowest BCUT2D eigenvalue weighted by atomic mass is 10.1. The Hall–Kier alpha value is -2.53. The molecule has 0 aromatic heterocycles. The fourth-order valence-electron chi connectivity index (χ4n) is 2.01. The lowest BCUT2D eigenvalue weighted by Gasteiger charge is -2.11. The molecule has 6 heteroatoms. The molecule has 23 heavy (non-hydrogen) atoms. The summed E-state index contributed by atoms with van der Waals surface area (Å²) >= 11 is 5.94. The van der Waals surface area contributed by atoms with Crippen LogP contribution in [0.4, 0.5) is 11.4 Å². The number of nitrogens with one attached hydrogen (secondary N) is 2. The van der Waals surface area contributed by atoms with Gasteiger partial charge in [-0.3, -0.25) is 4.79 Å². The second-order valence-corrected chi connectivity index (χ2v) is 5.56. The largest absolute Gasteiger partial charge is 0.387 e. The van der Waals surface area contributed by atoms with Crippen molar-refractivity contribution in [3.8, 4) is 0 Å². The van der Waals surface area contributed by atoms with Gasteiger partial charge < -0.3 is 10.2 Å². The van der Waals surface area contributed by atoms with Gasteiger partial charge in [0.2, 0.25) is 0 Å². The van der Waals surface area contributed by atoms with Gasteiger partial charge in [0.1, 0.15) is 0 Å². The summed E-state index contributed by atoms with van der Waals surface area (Å²) in [4.78, 5) is 14.2. The summed E-state index contributed by atoms with van der Waals surface area (Å²) in [7, 11) is 5.71. The van der Waals surface area contributed by atoms with Crippen molar-refractivity contribution in [2.75, 3.05) is 31.4 Å². The number of carbonyl (C=O) groups is 1. The van der Waals surface area contributed by atoms with Crippen LogP contribution >= 0.6 is 11.6 Å². The van der Waals surface area contributed by atoms with Crippen LogP contribution in [0.15, 0.2) is 47.6 Å². The first-order valence-electron chi connectivity index (χ1n) is 7.09. The summed E-state index contributed by atoms with van der Waals surface area (Å²) in [6, 6.07) is 12.9. The topological polar surface area (TPSA) is 56.7 Å². The summed E-state index contributed by atoms with van der Waals surface area (Å²) in [5, 5.41) is 7.44. The Balaban J connectivity index is 2.05. The first-order chi connectivity index (χ1) is 11.0. The average molecular weight is 331 g/mol. The summed E-state index contributed by atoms with van der Waals surface area (Å²) in [5.41, 5.74) is 5.64. The Kier molecular flexibility index (Phi) is 5.60. The Labute approximate surface area is 141 Å². The number of benzene rings is 2. The number of amides is 1. The van der Waals surface area contributed by atoms with Gasteiger partial charge in [0.25, 0.3) is 5.91 Å². The van der Waals surface area contributed by atoms with Gasteiger partial charge in [-0.2, -0.15) is 5.10 Å². The Morgan fingerprint density at radius 1 is 1.17 bits per heavy atom. The Morgan fingerprint density at radius 2 is 1.87 bits per heavy atom. The predicted octanol–water partition coefficient (Wildman–Crippen LogP) is 3.21. The molecular weight excluding hydrogens is 312 g/mol. The van der Waals surface area contributed by atoms with Crippen LogP contribution in [0.25, 0.3) is 0 Å². The third kappa shape index (κ3) is 4.47. The normalized spacial score (nSPS) is 10.6. The van der Waals surface area contributed by atoms with E-state index in [1.54, 1.807) is 31.5 Å². The molecule has 2 N–H and O–H groups in total. The first-order valence-corrected chi connectivity index (χ1v) is 7.47. The van der Waals surface area contributed by atoms with Gasteiger partial charge in [0.05, 0.1) is 11.8 Å². The van der Waals surface area contributed by atoms with Crippen LogP contribution in [-0.4, -0.2) is 33.3 Å². The van der Waals surface area contributed by atoms with E-state index in [1.807, 2.05) is 43.3 Å². The van der Waals surface area contributed by atoms with Crippen molar-refractivity contribution in [1.82, 2.24) is 5.43 Å². The van der Waals surface area contributed by atoms with Crippen molar-refractivity contribution < 1.29 is 4.79 Å². The van der Waals surface area contributed by atoms with Gasteiger partial charge in [0, 0.05) is 37.5 Å². The van der Waals surface area contributed by atoms with E-state index in [-0.39, 0.29) is 5.91 Å². The van der Waals surface area contributed by atoms with E-state index in [1.165, 1.54) is 0 Å². The van der Waals surface area contributed by atoms with E-state index in [4.69, 9.17) is 11.6 Å². The number of hydrogen-bond acceptors (Lipinski definition) is 4. The fraction of sp³-hybridized carbons (Fsp3) is 0.176. The zero-order valence-electron chi connectivity index (χ0n) is 13.3. The van der Waals surface area contributed by atoms with E-state index < -0.39 is 0 Å². The van der Waals surface area contributed by atoms with Crippen LogP contribution in [0.5, 0.6) is 0 Å². The van der Waals surface area contributed by atoms with Crippen molar-refractivity contribution in [2.45, 2.75) is 0 Å². The SMILES string of the molecule is CNc1ccc(Cl)cc1C(=O)N/N=C\c1ccc(N(C)C)cc1. The molecule has 0 unspecified atom stereocenters. The molecule has 1 amide bonds. The maximum atomic E-state index is 12.2. The van der Waals surface area contributed by atoms with Gasteiger partial charge in [0.15, 0.2) is 0 Å². The molecule has 2 rings (SSSR count). The minimum Gasteiger partial charge on any atom is -0.387 e. The Bertz CT molecular complexity index is 711. The summed E-state index contributed by atoms with van der Waals surface area (Å²) in [5.74, 6) is -0.321. The molecule has 0 spiro atoms. The first kappa shape index (κ1) is 16.8. The zero-order valence-corrected chi connectivity index (χ0v) is 14.1. The van der Waals surface area contributed by atoms with Crippen molar-refractivity contribution in [2.24, 2.45) is 5.10 Å². The molecule has 0 atom stereocenters. The van der Waals surface area contributed by atoms with Gasteiger partial charge in [-0.15, -0.1) is 0 Å². The molecule has 5 nitrogen and oxygen atoms in total. The molecule has 2 aromatic rings. The van der Waals surface area contributed by atoms with E-state index in [0.717, 1.165) is 11.3 Å². The van der Waals surface area contributed by atoms with E-state index in [0.29, 0.717) is 16.3 Å². The number of hydrogen-bond donors (Lipinski definition) is 2. The summed E-state index contributed by atoms with van der Waals surface area (Å²) in [6.45, 7) is 0. The highest BCUT2D eigenvalue weighted by Crippen LogP contribution is 2.20. The maximum Gasteiger partial charge on any atom is 0.273 e. The van der Waals surface area contributed by atoms with Crippen LogP contribution in [0.3, 0.4) is 0 Å². The molecule has 0 heterocycles. The highest BCUT2D eigenvalue weighted by Gasteiger charge is 2.10. The number of carbonyl (C=O) groups excluding carboxylic acids is 1. The number of rotatable bonds is 5. The fourth-order valence-corrected chi connectivity index (χ4v) is 2.18. The molecule has 0 fully saturated rings. The van der Waals surface area contributed by atoms with Gasteiger partial charge >= 0.3 is 0 Å². The van der Waals surface area contributed by atoms with Crippen molar-refractivity contribution in [3.63, 3.8) is 0 Å². The molecule has 2 aromatic carbocycles. The lowest BCUT2D eigenvalue weighted by molar-refractivity contribution is 0.0956. The maximum absolute atomic E-state index is 12.2. The molecule has 0 aliphatic rings. The number of anilines is 2. The van der Waals surface area contributed by atoms with E-state index in [2.05, 4.69) is 15.8 Å². The molecule has 0 bridgehead atoms. The third-order valence-electron chi connectivity index (χ3n) is 3.28. The third-order valence-corrected chi connectivity index (χ3v) is 3.52. The summed E-state index contributed by atoms with van der Waals surface area (Å²) < 4.78 is 0. The molecule has 0 aliphatic carbocycles. The average Bonchev–Trinajstić information content (AvgIpc) is 2.55. The van der Waals surface area contributed by atoms with Crippen LogP contribution in [0, 0.1) is 0 Å². The predicted molar refractivity (Wildman–Crippen MR) is 96.8 cm³/mol. The van der Waals surface area contributed by atoms with E-state index in [9.17, 15) is 4.79 Å². The molecule has 0 saturated carbocycles. The van der Waals surface area contributed by atoms with Crippen LogP contribution < -0.4 is 15.6 Å². The molecule has 0 saturated heterocycles. The number of nitrogens with zero attached hydrogens (tertiary/aromatic N) is 2. The van der Waals surface area contributed by atoms with Crippen molar-refractivity contribution >= 4 is 35.1 Å². The quantitative estimate of drug-likeness (QED) is 0.654. The summed E-state index contributed by atoms with van der Waals surface area (Å²) in [6.07, 6.45) is 1.60.